The van der Waals surface area contributed by atoms with Crippen molar-refractivity contribution >= 4 is 29.2 Å². The Morgan fingerprint density at radius 2 is 1.64 bits per heavy atom. The van der Waals surface area contributed by atoms with Gasteiger partial charge in [-0.05, 0) is 67.1 Å². The maximum absolute atomic E-state index is 14.2. The smallest absolute Gasteiger partial charge is 0.309 e. The summed E-state index contributed by atoms with van der Waals surface area (Å²) >= 11 is 6.02. The lowest BCUT2D eigenvalue weighted by Crippen LogP contribution is -2.11. The number of hydrogen-bond acceptors (Lipinski definition) is 4. The van der Waals surface area contributed by atoms with E-state index < -0.39 is 11.8 Å². The number of anilines is 1. The molecule has 194 valence electrons. The van der Waals surface area contributed by atoms with Gasteiger partial charge in [0, 0.05) is 28.8 Å². The van der Waals surface area contributed by atoms with E-state index in [0.717, 1.165) is 11.1 Å². The summed E-state index contributed by atoms with van der Waals surface area (Å²) < 4.78 is 21.3. The Labute approximate surface area is 229 Å². The molecule has 0 aliphatic rings. The molecule has 0 unspecified atom stereocenters. The van der Waals surface area contributed by atoms with E-state index in [-0.39, 0.29) is 11.8 Å². The number of amides is 1. The molecule has 8 heteroatoms. The molecule has 0 saturated heterocycles. The third-order valence-electron chi connectivity index (χ3n) is 5.95. The van der Waals surface area contributed by atoms with E-state index in [1.807, 2.05) is 31.2 Å². The molecule has 1 amide bonds. The van der Waals surface area contributed by atoms with Crippen molar-refractivity contribution in [3.8, 4) is 34.0 Å². The van der Waals surface area contributed by atoms with Crippen LogP contribution in [0.4, 0.5) is 10.1 Å². The topological polar surface area (TPSA) is 73.2 Å². The zero-order valence-corrected chi connectivity index (χ0v) is 21.9. The largest absolute Gasteiger partial charge is 0.407 e. The molecule has 5 rings (SSSR count). The number of carbonyl (C=O) groups excluding carboxylic acids is 2. The van der Waals surface area contributed by atoms with Gasteiger partial charge in [0.15, 0.2) is 0 Å². The van der Waals surface area contributed by atoms with Crippen molar-refractivity contribution in [3.63, 3.8) is 0 Å². The summed E-state index contributed by atoms with van der Waals surface area (Å²) in [4.78, 5) is 24.9. The van der Waals surface area contributed by atoms with Crippen molar-refractivity contribution in [2.75, 3.05) is 5.32 Å². The second-order valence-corrected chi connectivity index (χ2v) is 9.36. The highest BCUT2D eigenvalue weighted by Crippen LogP contribution is 2.41. The normalized spacial score (nSPS) is 10.8. The first-order valence-electron chi connectivity index (χ1n) is 12.1. The minimum Gasteiger partial charge on any atom is -0.407 e. The quantitative estimate of drug-likeness (QED) is 0.227. The summed E-state index contributed by atoms with van der Waals surface area (Å²) in [5.74, 6) is -1.14. The van der Waals surface area contributed by atoms with E-state index in [1.165, 1.54) is 23.7 Å². The molecule has 4 aromatic carbocycles. The molecule has 5 aromatic rings. The number of nitrogens with one attached hydrogen (secondary N) is 1. The fourth-order valence-corrected chi connectivity index (χ4v) is 4.41. The van der Waals surface area contributed by atoms with Gasteiger partial charge in [-0.25, -0.2) is 4.39 Å². The third-order valence-corrected chi connectivity index (χ3v) is 6.18. The second-order valence-electron chi connectivity index (χ2n) is 8.93. The van der Waals surface area contributed by atoms with Gasteiger partial charge in [-0.2, -0.15) is 9.78 Å². The van der Waals surface area contributed by atoms with Gasteiger partial charge in [0.25, 0.3) is 5.91 Å². The Hall–Kier alpha value is -4.75. The maximum Gasteiger partial charge on any atom is 0.309 e. The average Bonchev–Trinajstić information content (AvgIpc) is 3.27. The first-order chi connectivity index (χ1) is 18.8. The Balaban J connectivity index is 1.62. The first-order valence-corrected chi connectivity index (χ1v) is 12.5. The van der Waals surface area contributed by atoms with Crippen LogP contribution in [0.3, 0.4) is 0 Å². The van der Waals surface area contributed by atoms with E-state index in [0.29, 0.717) is 38.8 Å². The van der Waals surface area contributed by atoms with Gasteiger partial charge < -0.3 is 10.1 Å². The lowest BCUT2D eigenvalue weighted by atomic mass is 10.00. The number of hydrogen-bond donors (Lipinski definition) is 1. The third kappa shape index (κ3) is 5.73. The number of aryl methyl sites for hydroxylation is 1. The summed E-state index contributed by atoms with van der Waals surface area (Å²) in [5.41, 5.74) is 5.00. The van der Waals surface area contributed by atoms with Crippen molar-refractivity contribution < 1.29 is 18.7 Å². The van der Waals surface area contributed by atoms with Gasteiger partial charge >= 0.3 is 5.97 Å². The van der Waals surface area contributed by atoms with Gasteiger partial charge in [-0.1, -0.05) is 59.6 Å². The molecule has 6 nitrogen and oxygen atoms in total. The summed E-state index contributed by atoms with van der Waals surface area (Å²) in [6.45, 7) is 3.27. The SMILES string of the molecule is CC(=O)Oc1c(-c2ccc(NC(=O)c3cccc(Cl)c3)cc2)c(-c2cccc(C)c2)nn1-c1cccc(F)c1. The molecule has 0 atom stereocenters. The number of benzene rings is 4. The van der Waals surface area contributed by atoms with Crippen LogP contribution in [0.5, 0.6) is 5.88 Å². The second kappa shape index (κ2) is 10.9. The molecule has 0 aliphatic carbocycles. The molecule has 0 aliphatic heterocycles. The van der Waals surface area contributed by atoms with Crippen molar-refractivity contribution in [1.82, 2.24) is 9.78 Å². The highest BCUT2D eigenvalue weighted by Gasteiger charge is 2.25. The van der Waals surface area contributed by atoms with E-state index in [9.17, 15) is 14.0 Å². The lowest BCUT2D eigenvalue weighted by Gasteiger charge is -2.11. The van der Waals surface area contributed by atoms with Crippen molar-refractivity contribution in [1.29, 1.82) is 0 Å². The van der Waals surface area contributed by atoms with Crippen LogP contribution < -0.4 is 10.1 Å². The Morgan fingerprint density at radius 3 is 2.33 bits per heavy atom. The van der Waals surface area contributed by atoms with Crippen LogP contribution in [0.25, 0.3) is 28.1 Å². The Kier molecular flexibility index (Phi) is 7.25. The summed E-state index contributed by atoms with van der Waals surface area (Å²) in [6.07, 6.45) is 0. The molecule has 1 N–H and O–H groups in total. The predicted molar refractivity (Wildman–Crippen MR) is 150 cm³/mol. The van der Waals surface area contributed by atoms with Crippen LogP contribution in [0, 0.1) is 12.7 Å². The summed E-state index contributed by atoms with van der Waals surface area (Å²) in [5, 5.41) is 8.10. The molecule has 0 fully saturated rings. The van der Waals surface area contributed by atoms with Crippen LogP contribution in [0.1, 0.15) is 22.8 Å². The van der Waals surface area contributed by atoms with Crippen LogP contribution in [-0.4, -0.2) is 21.7 Å². The standard InChI is InChI=1S/C31H23ClFN3O3/c1-19-6-3-7-22(16-19)29-28(31(39-20(2)37)36(35-29)27-11-5-10-25(33)18-27)21-12-14-26(15-13-21)34-30(38)23-8-4-9-24(32)17-23/h3-18H,1-2H3,(H,34,38). The molecule has 0 bridgehead atoms. The van der Waals surface area contributed by atoms with E-state index in [2.05, 4.69) is 5.32 Å². The number of nitrogens with zero attached hydrogens (tertiary/aromatic N) is 2. The van der Waals surface area contributed by atoms with E-state index >= 15 is 0 Å². The molecule has 1 heterocycles. The van der Waals surface area contributed by atoms with Crippen molar-refractivity contribution in [3.05, 3.63) is 119 Å². The first kappa shape index (κ1) is 25.9. The number of esters is 1. The van der Waals surface area contributed by atoms with Gasteiger partial charge in [0.05, 0.1) is 11.3 Å². The predicted octanol–water partition coefficient (Wildman–Crippen LogP) is 7.48. The van der Waals surface area contributed by atoms with Gasteiger partial charge in [-0.15, -0.1) is 0 Å². The number of carbonyl (C=O) groups is 2. The lowest BCUT2D eigenvalue weighted by molar-refractivity contribution is -0.132. The summed E-state index contributed by atoms with van der Waals surface area (Å²) in [6, 6.07) is 27.4. The molecule has 0 spiro atoms. The zero-order valence-electron chi connectivity index (χ0n) is 21.1. The van der Waals surface area contributed by atoms with Crippen molar-refractivity contribution in [2.24, 2.45) is 0 Å². The van der Waals surface area contributed by atoms with E-state index in [1.54, 1.807) is 60.7 Å². The molecule has 1 aromatic heterocycles. The fraction of sp³-hybridized carbons (Fsp3) is 0.0645. The molecular formula is C31H23ClFN3O3. The average molecular weight is 540 g/mol. The molecular weight excluding hydrogens is 517 g/mol. The van der Waals surface area contributed by atoms with Crippen molar-refractivity contribution in [2.45, 2.75) is 13.8 Å². The minimum atomic E-state index is -0.546. The number of rotatable bonds is 6. The van der Waals surface area contributed by atoms with Crippen LogP contribution in [0.15, 0.2) is 97.1 Å². The minimum absolute atomic E-state index is 0.153. The highest BCUT2D eigenvalue weighted by molar-refractivity contribution is 6.31. The summed E-state index contributed by atoms with van der Waals surface area (Å²) in [7, 11) is 0. The van der Waals surface area contributed by atoms with Gasteiger partial charge in [0.1, 0.15) is 11.5 Å². The Bertz CT molecular complexity index is 1700. The number of halogens is 2. The number of ether oxygens (including phenoxy) is 1. The maximum atomic E-state index is 14.2. The van der Waals surface area contributed by atoms with Crippen LogP contribution >= 0.6 is 11.6 Å². The highest BCUT2D eigenvalue weighted by atomic mass is 35.5. The van der Waals surface area contributed by atoms with E-state index in [4.69, 9.17) is 21.4 Å². The fourth-order valence-electron chi connectivity index (χ4n) is 4.22. The zero-order chi connectivity index (χ0) is 27.5. The molecule has 39 heavy (non-hydrogen) atoms. The van der Waals surface area contributed by atoms with Gasteiger partial charge in [0.2, 0.25) is 5.88 Å². The molecule has 0 radical (unpaired) electrons. The number of aromatic nitrogens is 2. The van der Waals surface area contributed by atoms with Crippen LogP contribution in [-0.2, 0) is 4.79 Å². The Morgan fingerprint density at radius 1 is 0.897 bits per heavy atom. The molecule has 0 saturated carbocycles. The van der Waals surface area contributed by atoms with Crippen LogP contribution in [0.2, 0.25) is 5.02 Å². The monoisotopic (exact) mass is 539 g/mol. The van der Waals surface area contributed by atoms with Gasteiger partial charge in [-0.3, -0.25) is 9.59 Å².